The summed E-state index contributed by atoms with van der Waals surface area (Å²) in [6.45, 7) is 6.01. The van der Waals surface area contributed by atoms with Crippen molar-refractivity contribution in [1.82, 2.24) is 4.90 Å². The number of nitrogens with one attached hydrogen (secondary N) is 1. The summed E-state index contributed by atoms with van der Waals surface area (Å²) in [5, 5.41) is 3.33. The third kappa shape index (κ3) is 5.37. The van der Waals surface area contributed by atoms with Crippen LogP contribution in [0, 0.1) is 0 Å². The Balaban J connectivity index is 1.75. The zero-order valence-electron chi connectivity index (χ0n) is 18.7. The van der Waals surface area contributed by atoms with Crippen LogP contribution in [0.25, 0.3) is 0 Å². The van der Waals surface area contributed by atoms with Crippen LogP contribution in [0.5, 0.6) is 5.75 Å². The van der Waals surface area contributed by atoms with E-state index in [0.29, 0.717) is 27.7 Å². The highest BCUT2D eigenvalue weighted by Gasteiger charge is 2.43. The fraction of sp³-hybridized carbons (Fsp3) is 0.250. The van der Waals surface area contributed by atoms with Crippen molar-refractivity contribution in [3.05, 3.63) is 65.7 Å². The van der Waals surface area contributed by atoms with Crippen LogP contribution in [0.2, 0.25) is 5.02 Å². The lowest BCUT2D eigenvalue weighted by Gasteiger charge is -2.22. The Morgan fingerprint density at radius 1 is 1.24 bits per heavy atom. The van der Waals surface area contributed by atoms with Crippen LogP contribution < -0.4 is 15.0 Å². The number of hydrogen-bond donors (Lipinski definition) is 1. The van der Waals surface area contributed by atoms with Crippen molar-refractivity contribution in [2.75, 3.05) is 30.5 Å². The number of thiocarbonyl (C=S) groups is 1. The standard InChI is InChI=1S/C24H24ClN3O5S/c1-4-12-27-19(14-21(29)26-16-8-6-15(7-9-16)23(31)33-5-2)22(30)28(24(27)34)17-10-11-20(32-3)18(25)13-17/h4,6-11,13,19H,1,5,12,14H2,2-3H3,(H,26,29). The monoisotopic (exact) mass is 501 g/mol. The molecule has 8 nitrogen and oxygen atoms in total. The van der Waals surface area contributed by atoms with E-state index in [9.17, 15) is 14.4 Å². The van der Waals surface area contributed by atoms with Gasteiger partial charge in [-0.05, 0) is 61.6 Å². The Morgan fingerprint density at radius 3 is 2.53 bits per heavy atom. The van der Waals surface area contributed by atoms with Gasteiger partial charge in [-0.25, -0.2) is 4.79 Å². The topological polar surface area (TPSA) is 88.2 Å². The molecular formula is C24H24ClN3O5S. The number of carbonyl (C=O) groups is 3. The van der Waals surface area contributed by atoms with Crippen LogP contribution in [-0.4, -0.2) is 54.1 Å². The van der Waals surface area contributed by atoms with Gasteiger partial charge in [0.25, 0.3) is 5.91 Å². The summed E-state index contributed by atoms with van der Waals surface area (Å²) < 4.78 is 10.1. The van der Waals surface area contributed by atoms with Gasteiger partial charge in [-0.2, -0.15) is 0 Å². The van der Waals surface area contributed by atoms with Gasteiger partial charge >= 0.3 is 5.97 Å². The largest absolute Gasteiger partial charge is 0.495 e. The Bertz CT molecular complexity index is 1120. The molecule has 0 aromatic heterocycles. The number of nitrogens with zero attached hydrogens (tertiary/aromatic N) is 2. The van der Waals surface area contributed by atoms with Crippen LogP contribution in [-0.2, 0) is 14.3 Å². The Morgan fingerprint density at radius 2 is 1.94 bits per heavy atom. The quantitative estimate of drug-likeness (QED) is 0.315. The zero-order valence-corrected chi connectivity index (χ0v) is 20.3. The van der Waals surface area contributed by atoms with Crippen LogP contribution in [0.4, 0.5) is 11.4 Å². The van der Waals surface area contributed by atoms with E-state index in [2.05, 4.69) is 11.9 Å². The number of esters is 1. The Labute approximate surface area is 208 Å². The molecule has 0 saturated carbocycles. The highest BCUT2D eigenvalue weighted by Crippen LogP contribution is 2.33. The minimum absolute atomic E-state index is 0.132. The van der Waals surface area contributed by atoms with Gasteiger partial charge in [-0.3, -0.25) is 14.5 Å². The maximum atomic E-state index is 13.3. The van der Waals surface area contributed by atoms with E-state index < -0.39 is 12.0 Å². The molecule has 1 N–H and O–H groups in total. The highest BCUT2D eigenvalue weighted by atomic mass is 35.5. The molecule has 0 aliphatic carbocycles. The summed E-state index contributed by atoms with van der Waals surface area (Å²) >= 11 is 11.8. The Hall–Kier alpha value is -3.43. The molecule has 1 heterocycles. The van der Waals surface area contributed by atoms with Crippen LogP contribution >= 0.6 is 23.8 Å². The van der Waals surface area contributed by atoms with E-state index in [0.717, 1.165) is 0 Å². The number of methoxy groups -OCH3 is 1. The molecule has 0 spiro atoms. The lowest BCUT2D eigenvalue weighted by molar-refractivity contribution is -0.124. The predicted octanol–water partition coefficient (Wildman–Crippen LogP) is 4.04. The molecule has 34 heavy (non-hydrogen) atoms. The van der Waals surface area contributed by atoms with E-state index in [1.807, 2.05) is 0 Å². The van der Waals surface area contributed by atoms with Crippen molar-refractivity contribution in [1.29, 1.82) is 0 Å². The van der Waals surface area contributed by atoms with Crippen LogP contribution in [0.3, 0.4) is 0 Å². The molecule has 1 fully saturated rings. The number of rotatable bonds is 9. The summed E-state index contributed by atoms with van der Waals surface area (Å²) in [6, 6.07) is 10.4. The molecule has 0 bridgehead atoms. The van der Waals surface area contributed by atoms with Crippen LogP contribution in [0.15, 0.2) is 55.1 Å². The second kappa shape index (κ2) is 11.1. The molecule has 1 aliphatic heterocycles. The second-order valence-corrected chi connectivity index (χ2v) is 8.05. The lowest BCUT2D eigenvalue weighted by atomic mass is 10.1. The van der Waals surface area contributed by atoms with Gasteiger partial charge in [0.05, 0.1) is 36.4 Å². The minimum atomic E-state index is -0.815. The molecule has 0 radical (unpaired) electrons. The van der Waals surface area contributed by atoms with Gasteiger partial charge in [-0.1, -0.05) is 17.7 Å². The Kier molecular flexibility index (Phi) is 8.25. The van der Waals surface area contributed by atoms with Gasteiger partial charge in [0.15, 0.2) is 5.11 Å². The van der Waals surface area contributed by atoms with Gasteiger partial charge < -0.3 is 19.7 Å². The van der Waals surface area contributed by atoms with E-state index in [4.69, 9.17) is 33.3 Å². The molecular weight excluding hydrogens is 478 g/mol. The second-order valence-electron chi connectivity index (χ2n) is 7.28. The molecule has 1 atom stereocenters. The summed E-state index contributed by atoms with van der Waals surface area (Å²) in [6.07, 6.45) is 1.48. The number of halogens is 1. The summed E-state index contributed by atoms with van der Waals surface area (Å²) in [5.41, 5.74) is 1.34. The maximum absolute atomic E-state index is 13.3. The van der Waals surface area contributed by atoms with Gasteiger partial charge in [0.2, 0.25) is 5.91 Å². The van der Waals surface area contributed by atoms with Gasteiger partial charge in [0, 0.05) is 12.2 Å². The highest BCUT2D eigenvalue weighted by molar-refractivity contribution is 7.80. The molecule has 2 aromatic carbocycles. The first-order valence-corrected chi connectivity index (χ1v) is 11.2. The fourth-order valence-corrected chi connectivity index (χ4v) is 4.15. The van der Waals surface area contributed by atoms with Crippen molar-refractivity contribution in [3.63, 3.8) is 0 Å². The van der Waals surface area contributed by atoms with Gasteiger partial charge in [-0.15, -0.1) is 6.58 Å². The first kappa shape index (κ1) is 25.2. The summed E-state index contributed by atoms with van der Waals surface area (Å²) in [7, 11) is 1.50. The normalized spacial score (nSPS) is 15.3. The molecule has 1 unspecified atom stereocenters. The number of hydrogen-bond acceptors (Lipinski definition) is 6. The smallest absolute Gasteiger partial charge is 0.338 e. The van der Waals surface area contributed by atoms with E-state index in [1.165, 1.54) is 12.0 Å². The van der Waals surface area contributed by atoms with Crippen molar-refractivity contribution >= 4 is 58.1 Å². The van der Waals surface area contributed by atoms with Crippen molar-refractivity contribution < 1.29 is 23.9 Å². The average Bonchev–Trinajstić information content (AvgIpc) is 3.03. The van der Waals surface area contributed by atoms with E-state index >= 15 is 0 Å². The van der Waals surface area contributed by atoms with Crippen molar-refractivity contribution in [3.8, 4) is 5.75 Å². The maximum Gasteiger partial charge on any atom is 0.338 e. The number of ether oxygens (including phenoxy) is 2. The predicted molar refractivity (Wildman–Crippen MR) is 134 cm³/mol. The number of amides is 2. The third-order valence-electron chi connectivity index (χ3n) is 5.10. The summed E-state index contributed by atoms with van der Waals surface area (Å²) in [5.74, 6) is -0.699. The lowest BCUT2D eigenvalue weighted by Crippen LogP contribution is -2.37. The van der Waals surface area contributed by atoms with Gasteiger partial charge in [0.1, 0.15) is 11.8 Å². The number of carbonyl (C=O) groups excluding carboxylic acids is 3. The van der Waals surface area contributed by atoms with Crippen molar-refractivity contribution in [2.45, 2.75) is 19.4 Å². The molecule has 1 aliphatic rings. The van der Waals surface area contributed by atoms with Crippen molar-refractivity contribution in [2.24, 2.45) is 0 Å². The average molecular weight is 502 g/mol. The third-order valence-corrected chi connectivity index (χ3v) is 5.81. The van der Waals surface area contributed by atoms with E-state index in [1.54, 1.807) is 60.4 Å². The molecule has 3 rings (SSSR count). The first-order chi connectivity index (χ1) is 16.3. The fourth-order valence-electron chi connectivity index (χ4n) is 3.50. The minimum Gasteiger partial charge on any atom is -0.495 e. The molecule has 2 amide bonds. The molecule has 2 aromatic rings. The zero-order chi connectivity index (χ0) is 24.8. The SMILES string of the molecule is C=CCN1C(=S)N(c2ccc(OC)c(Cl)c2)C(=O)C1CC(=O)Nc1ccc(C(=O)OCC)cc1. The number of anilines is 2. The molecule has 178 valence electrons. The summed E-state index contributed by atoms with van der Waals surface area (Å²) in [4.78, 5) is 40.8. The number of benzene rings is 2. The molecule has 1 saturated heterocycles. The van der Waals surface area contributed by atoms with Crippen LogP contribution in [0.1, 0.15) is 23.7 Å². The molecule has 10 heteroatoms. The van der Waals surface area contributed by atoms with E-state index in [-0.39, 0.29) is 36.5 Å². The first-order valence-electron chi connectivity index (χ1n) is 10.5.